The summed E-state index contributed by atoms with van der Waals surface area (Å²) in [5, 5.41) is 3.56. The molecule has 1 aromatic carbocycles. The summed E-state index contributed by atoms with van der Waals surface area (Å²) in [5.41, 5.74) is 1.25. The van der Waals surface area contributed by atoms with Crippen molar-refractivity contribution in [3.05, 3.63) is 54.0 Å². The van der Waals surface area contributed by atoms with Gasteiger partial charge in [-0.3, -0.25) is 0 Å². The Kier molecular flexibility index (Phi) is 5.88. The second-order valence-electron chi connectivity index (χ2n) is 5.71. The zero-order valence-corrected chi connectivity index (χ0v) is 13.1. The summed E-state index contributed by atoms with van der Waals surface area (Å²) >= 11 is 0. The maximum Gasteiger partial charge on any atom is 0.119 e. The van der Waals surface area contributed by atoms with E-state index in [1.807, 2.05) is 24.3 Å². The lowest BCUT2D eigenvalue weighted by molar-refractivity contribution is 0.260. The van der Waals surface area contributed by atoms with Crippen LogP contribution in [0.3, 0.4) is 0 Å². The van der Waals surface area contributed by atoms with Crippen LogP contribution in [0.15, 0.2) is 47.1 Å². The highest BCUT2D eigenvalue weighted by atomic mass is 16.5. The van der Waals surface area contributed by atoms with Gasteiger partial charge in [0.05, 0.1) is 6.26 Å². The van der Waals surface area contributed by atoms with Crippen molar-refractivity contribution >= 4 is 0 Å². The van der Waals surface area contributed by atoms with Crippen LogP contribution in [-0.2, 0) is 6.42 Å². The van der Waals surface area contributed by atoms with Crippen LogP contribution in [0.1, 0.15) is 31.6 Å². The van der Waals surface area contributed by atoms with E-state index < -0.39 is 0 Å². The Morgan fingerprint density at radius 1 is 1.10 bits per heavy atom. The molecule has 2 unspecified atom stereocenters. The maximum atomic E-state index is 5.79. The van der Waals surface area contributed by atoms with Crippen molar-refractivity contribution in [2.75, 3.05) is 6.61 Å². The Bertz CT molecular complexity index is 505. The van der Waals surface area contributed by atoms with E-state index in [-0.39, 0.29) is 0 Å². The Balaban J connectivity index is 1.66. The Morgan fingerprint density at radius 2 is 1.86 bits per heavy atom. The van der Waals surface area contributed by atoms with Crippen LogP contribution in [0.5, 0.6) is 5.75 Å². The summed E-state index contributed by atoms with van der Waals surface area (Å²) < 4.78 is 11.1. The molecule has 0 aliphatic rings. The number of furan rings is 1. The van der Waals surface area contributed by atoms with Gasteiger partial charge in [-0.05, 0) is 51.5 Å². The highest BCUT2D eigenvalue weighted by molar-refractivity contribution is 5.26. The molecule has 0 fully saturated rings. The van der Waals surface area contributed by atoms with Gasteiger partial charge in [0.2, 0.25) is 0 Å². The monoisotopic (exact) mass is 287 g/mol. The van der Waals surface area contributed by atoms with E-state index in [9.17, 15) is 0 Å². The van der Waals surface area contributed by atoms with E-state index in [0.717, 1.165) is 24.4 Å². The molecule has 0 amide bonds. The van der Waals surface area contributed by atoms with Gasteiger partial charge in [-0.2, -0.15) is 0 Å². The topological polar surface area (TPSA) is 34.4 Å². The minimum absolute atomic E-state index is 0.318. The van der Waals surface area contributed by atoms with Crippen molar-refractivity contribution in [1.82, 2.24) is 5.32 Å². The molecule has 0 saturated heterocycles. The van der Waals surface area contributed by atoms with Crippen molar-refractivity contribution in [3.8, 4) is 5.75 Å². The highest BCUT2D eigenvalue weighted by Crippen LogP contribution is 2.12. The number of benzene rings is 1. The quantitative estimate of drug-likeness (QED) is 0.798. The van der Waals surface area contributed by atoms with E-state index in [0.29, 0.717) is 18.7 Å². The lowest BCUT2D eigenvalue weighted by atomic mass is 10.1. The van der Waals surface area contributed by atoms with E-state index in [4.69, 9.17) is 9.15 Å². The molecule has 2 rings (SSSR count). The van der Waals surface area contributed by atoms with Crippen molar-refractivity contribution in [2.24, 2.45) is 0 Å². The molecular weight excluding hydrogens is 262 g/mol. The minimum atomic E-state index is 0.318. The van der Waals surface area contributed by atoms with Crippen molar-refractivity contribution in [3.63, 3.8) is 0 Å². The summed E-state index contributed by atoms with van der Waals surface area (Å²) in [4.78, 5) is 0. The van der Waals surface area contributed by atoms with Crippen molar-refractivity contribution < 1.29 is 9.15 Å². The fraction of sp³-hybridized carbons (Fsp3) is 0.444. The second-order valence-corrected chi connectivity index (χ2v) is 5.71. The first-order chi connectivity index (χ1) is 10.1. The summed E-state index contributed by atoms with van der Waals surface area (Å²) in [6.07, 6.45) is 3.75. The zero-order valence-electron chi connectivity index (χ0n) is 13.1. The van der Waals surface area contributed by atoms with E-state index in [2.05, 4.69) is 38.2 Å². The Hall–Kier alpha value is -1.74. The number of aryl methyl sites for hydroxylation is 2. The molecule has 3 nitrogen and oxygen atoms in total. The first kappa shape index (κ1) is 15.6. The van der Waals surface area contributed by atoms with Gasteiger partial charge in [-0.25, -0.2) is 0 Å². The maximum absolute atomic E-state index is 5.79. The molecular formula is C18H25NO2. The number of ether oxygens (including phenoxy) is 1. The molecule has 0 aliphatic heterocycles. The normalized spacial score (nSPS) is 13.9. The van der Waals surface area contributed by atoms with Gasteiger partial charge in [-0.1, -0.05) is 17.7 Å². The van der Waals surface area contributed by atoms with Crippen LogP contribution in [-0.4, -0.2) is 18.7 Å². The highest BCUT2D eigenvalue weighted by Gasteiger charge is 2.09. The van der Waals surface area contributed by atoms with Gasteiger partial charge in [0.1, 0.15) is 18.1 Å². The molecule has 2 atom stereocenters. The summed E-state index contributed by atoms with van der Waals surface area (Å²) in [7, 11) is 0. The van der Waals surface area contributed by atoms with Gasteiger partial charge >= 0.3 is 0 Å². The Labute approximate surface area is 127 Å². The summed E-state index contributed by atoms with van der Waals surface area (Å²) in [6.45, 7) is 7.10. The van der Waals surface area contributed by atoms with Gasteiger partial charge in [-0.15, -0.1) is 0 Å². The standard InChI is InChI=1S/C18H25NO2/c1-14-6-9-18(10-7-14)21-13-16(3)19-15(2)8-11-17-5-4-12-20-17/h4-7,9-10,12,15-16,19H,8,11,13H2,1-3H3. The fourth-order valence-corrected chi connectivity index (χ4v) is 2.29. The zero-order chi connectivity index (χ0) is 15.1. The van der Waals surface area contributed by atoms with Crippen molar-refractivity contribution in [1.29, 1.82) is 0 Å². The third-order valence-corrected chi connectivity index (χ3v) is 3.49. The molecule has 0 saturated carbocycles. The summed E-state index contributed by atoms with van der Waals surface area (Å²) in [6, 6.07) is 12.9. The predicted molar refractivity (Wildman–Crippen MR) is 85.8 cm³/mol. The van der Waals surface area contributed by atoms with Gasteiger partial charge in [0.15, 0.2) is 0 Å². The predicted octanol–water partition coefficient (Wildman–Crippen LogP) is 3.97. The van der Waals surface area contributed by atoms with Crippen LogP contribution in [0.2, 0.25) is 0 Å². The molecule has 1 heterocycles. The number of hydrogen-bond acceptors (Lipinski definition) is 3. The molecule has 0 spiro atoms. The van der Waals surface area contributed by atoms with Gasteiger partial charge in [0, 0.05) is 18.5 Å². The number of rotatable bonds is 8. The number of hydrogen-bond donors (Lipinski definition) is 1. The fourth-order valence-electron chi connectivity index (χ4n) is 2.29. The lowest BCUT2D eigenvalue weighted by Gasteiger charge is -2.20. The molecule has 0 radical (unpaired) electrons. The second kappa shape index (κ2) is 7.89. The lowest BCUT2D eigenvalue weighted by Crippen LogP contribution is -2.38. The first-order valence-corrected chi connectivity index (χ1v) is 7.61. The largest absolute Gasteiger partial charge is 0.492 e. The van der Waals surface area contributed by atoms with E-state index in [1.165, 1.54) is 5.56 Å². The molecule has 1 N–H and O–H groups in total. The minimum Gasteiger partial charge on any atom is -0.492 e. The molecule has 3 heteroatoms. The molecule has 0 aliphatic carbocycles. The Morgan fingerprint density at radius 3 is 2.52 bits per heavy atom. The third-order valence-electron chi connectivity index (χ3n) is 3.49. The van der Waals surface area contributed by atoms with E-state index >= 15 is 0 Å². The van der Waals surface area contributed by atoms with Crippen LogP contribution >= 0.6 is 0 Å². The van der Waals surface area contributed by atoms with Crippen LogP contribution < -0.4 is 10.1 Å². The van der Waals surface area contributed by atoms with E-state index in [1.54, 1.807) is 6.26 Å². The van der Waals surface area contributed by atoms with Crippen LogP contribution in [0, 0.1) is 6.92 Å². The molecule has 21 heavy (non-hydrogen) atoms. The average Bonchev–Trinajstić information content (AvgIpc) is 2.98. The molecule has 0 bridgehead atoms. The van der Waals surface area contributed by atoms with Crippen LogP contribution in [0.4, 0.5) is 0 Å². The SMILES string of the molecule is Cc1ccc(OCC(C)NC(C)CCc2ccco2)cc1. The van der Waals surface area contributed by atoms with Crippen LogP contribution in [0.25, 0.3) is 0 Å². The first-order valence-electron chi connectivity index (χ1n) is 7.61. The number of nitrogens with one attached hydrogen (secondary N) is 1. The van der Waals surface area contributed by atoms with Crippen molar-refractivity contribution in [2.45, 2.75) is 45.7 Å². The van der Waals surface area contributed by atoms with Gasteiger partial charge < -0.3 is 14.5 Å². The molecule has 2 aromatic rings. The molecule has 1 aromatic heterocycles. The summed E-state index contributed by atoms with van der Waals surface area (Å²) in [5.74, 6) is 1.98. The third kappa shape index (κ3) is 5.64. The average molecular weight is 287 g/mol. The molecule has 114 valence electrons. The smallest absolute Gasteiger partial charge is 0.119 e. The van der Waals surface area contributed by atoms with Gasteiger partial charge in [0.25, 0.3) is 0 Å².